The minimum Gasteiger partial charge on any atom is -0.399 e. The molecule has 2 rings (SSSR count). The van der Waals surface area contributed by atoms with E-state index in [4.69, 9.17) is 4.84 Å². The Morgan fingerprint density at radius 2 is 2.10 bits per heavy atom. The van der Waals surface area contributed by atoms with Crippen LogP contribution in [0.25, 0.3) is 0 Å². The van der Waals surface area contributed by atoms with E-state index in [-0.39, 0.29) is 5.71 Å². The molecular weight excluding hydrogens is 260 g/mol. The maximum atomic E-state index is 12.6. The van der Waals surface area contributed by atoms with Crippen LogP contribution in [-0.2, 0) is 9.63 Å². The van der Waals surface area contributed by atoms with E-state index in [1.807, 2.05) is 11.5 Å². The topological polar surface area (TPSA) is 86.5 Å². The standard InChI is InChI=1S/C13H16N4O3/c1-9-13(16-19,10(2)15-20-3)12(18)17(14-9)11-7-5-4-6-8-11/h4-8,16,19H,1-3H3/b15-10+. The van der Waals surface area contributed by atoms with E-state index in [1.165, 1.54) is 12.1 Å². The Balaban J connectivity index is 2.47. The molecule has 0 fully saturated rings. The van der Waals surface area contributed by atoms with Crippen LogP contribution >= 0.6 is 0 Å². The van der Waals surface area contributed by atoms with Gasteiger partial charge in [-0.2, -0.15) is 15.6 Å². The first-order chi connectivity index (χ1) is 9.57. The summed E-state index contributed by atoms with van der Waals surface area (Å²) < 4.78 is 0. The summed E-state index contributed by atoms with van der Waals surface area (Å²) >= 11 is 0. The summed E-state index contributed by atoms with van der Waals surface area (Å²) in [4.78, 5) is 17.3. The summed E-state index contributed by atoms with van der Waals surface area (Å²) in [7, 11) is 1.37. The smallest absolute Gasteiger partial charge is 0.281 e. The highest BCUT2D eigenvalue weighted by atomic mass is 16.6. The van der Waals surface area contributed by atoms with E-state index in [0.717, 1.165) is 0 Å². The molecule has 1 heterocycles. The molecule has 1 aliphatic heterocycles. The van der Waals surface area contributed by atoms with E-state index < -0.39 is 11.4 Å². The lowest BCUT2D eigenvalue weighted by Gasteiger charge is -2.25. The van der Waals surface area contributed by atoms with Crippen molar-refractivity contribution < 1.29 is 14.8 Å². The van der Waals surface area contributed by atoms with Gasteiger partial charge < -0.3 is 10.0 Å². The molecule has 1 aliphatic rings. The van der Waals surface area contributed by atoms with Crippen molar-refractivity contribution in [2.24, 2.45) is 10.3 Å². The van der Waals surface area contributed by atoms with Gasteiger partial charge in [-0.05, 0) is 26.0 Å². The molecule has 7 heteroatoms. The average Bonchev–Trinajstić information content (AvgIpc) is 2.72. The summed E-state index contributed by atoms with van der Waals surface area (Å²) in [5, 5.41) is 18.7. The van der Waals surface area contributed by atoms with Crippen molar-refractivity contribution in [1.82, 2.24) is 5.48 Å². The number of anilines is 1. The number of nitrogens with zero attached hydrogens (tertiary/aromatic N) is 3. The van der Waals surface area contributed by atoms with E-state index in [1.54, 1.807) is 38.1 Å². The molecule has 0 saturated carbocycles. The van der Waals surface area contributed by atoms with Gasteiger partial charge in [-0.1, -0.05) is 23.4 Å². The molecular formula is C13H16N4O3. The van der Waals surface area contributed by atoms with Crippen molar-refractivity contribution in [1.29, 1.82) is 0 Å². The summed E-state index contributed by atoms with van der Waals surface area (Å²) in [6, 6.07) is 8.96. The summed E-state index contributed by atoms with van der Waals surface area (Å²) in [5.41, 5.74) is 1.80. The number of benzene rings is 1. The highest BCUT2D eigenvalue weighted by Crippen LogP contribution is 2.27. The molecule has 1 atom stereocenters. The van der Waals surface area contributed by atoms with Crippen molar-refractivity contribution >= 4 is 23.0 Å². The third-order valence-corrected chi connectivity index (χ3v) is 3.25. The number of nitrogens with one attached hydrogen (secondary N) is 1. The summed E-state index contributed by atoms with van der Waals surface area (Å²) in [6.45, 7) is 3.22. The van der Waals surface area contributed by atoms with E-state index >= 15 is 0 Å². The molecule has 0 bridgehead atoms. The second-order valence-electron chi connectivity index (χ2n) is 4.36. The fourth-order valence-electron chi connectivity index (χ4n) is 2.16. The maximum absolute atomic E-state index is 12.6. The third-order valence-electron chi connectivity index (χ3n) is 3.25. The van der Waals surface area contributed by atoms with Crippen molar-refractivity contribution in [3.8, 4) is 0 Å². The number of rotatable bonds is 4. The van der Waals surface area contributed by atoms with Gasteiger partial charge in [-0.25, -0.2) is 0 Å². The van der Waals surface area contributed by atoms with Crippen LogP contribution in [0.15, 0.2) is 40.6 Å². The molecule has 0 spiro atoms. The number of amides is 1. The number of oxime groups is 1. The zero-order valence-electron chi connectivity index (χ0n) is 11.5. The lowest BCUT2D eigenvalue weighted by Crippen LogP contribution is -2.61. The van der Waals surface area contributed by atoms with Gasteiger partial charge in [0, 0.05) is 0 Å². The minimum atomic E-state index is -1.49. The van der Waals surface area contributed by atoms with Crippen LogP contribution in [0.1, 0.15) is 13.8 Å². The molecule has 1 amide bonds. The first-order valence-corrected chi connectivity index (χ1v) is 6.02. The summed E-state index contributed by atoms with van der Waals surface area (Å²) in [6.07, 6.45) is 0. The normalized spacial score (nSPS) is 23.0. The van der Waals surface area contributed by atoms with Crippen molar-refractivity contribution in [2.45, 2.75) is 19.4 Å². The fraction of sp³-hybridized carbons (Fsp3) is 0.308. The number of hydroxylamine groups is 1. The van der Waals surface area contributed by atoms with E-state index in [0.29, 0.717) is 11.4 Å². The number of hydrazone groups is 1. The molecule has 0 aliphatic carbocycles. The minimum absolute atomic E-state index is 0.271. The highest BCUT2D eigenvalue weighted by Gasteiger charge is 2.52. The Morgan fingerprint density at radius 3 is 2.65 bits per heavy atom. The number of carbonyl (C=O) groups excluding carboxylic acids is 1. The van der Waals surface area contributed by atoms with Gasteiger partial charge in [0.15, 0.2) is 0 Å². The monoisotopic (exact) mass is 276 g/mol. The van der Waals surface area contributed by atoms with Gasteiger partial charge in [-0.15, -0.1) is 0 Å². The SMILES string of the molecule is CO/N=C(\C)C1(NO)C(=O)N(c2ccccc2)N=C1C. The Bertz CT molecular complexity index is 570. The number of para-hydroxylation sites is 1. The number of carbonyl (C=O) groups is 1. The second-order valence-corrected chi connectivity index (χ2v) is 4.36. The van der Waals surface area contributed by atoms with Crippen molar-refractivity contribution in [3.05, 3.63) is 30.3 Å². The molecule has 1 aromatic carbocycles. The second kappa shape index (κ2) is 5.40. The zero-order chi connectivity index (χ0) is 14.8. The molecule has 2 N–H and O–H groups in total. The van der Waals surface area contributed by atoms with E-state index in [2.05, 4.69) is 10.3 Å². The number of hydrogen-bond donors (Lipinski definition) is 2. The molecule has 20 heavy (non-hydrogen) atoms. The quantitative estimate of drug-likeness (QED) is 0.638. The maximum Gasteiger partial charge on any atom is 0.281 e. The van der Waals surface area contributed by atoms with Gasteiger partial charge in [-0.3, -0.25) is 4.79 Å². The lowest BCUT2D eigenvalue weighted by molar-refractivity contribution is -0.122. The van der Waals surface area contributed by atoms with Crippen LogP contribution in [0, 0.1) is 0 Å². The predicted molar refractivity (Wildman–Crippen MR) is 74.8 cm³/mol. The first kappa shape index (κ1) is 14.2. The molecule has 0 radical (unpaired) electrons. The van der Waals surface area contributed by atoms with Gasteiger partial charge >= 0.3 is 0 Å². The fourth-order valence-corrected chi connectivity index (χ4v) is 2.16. The Labute approximate surface area is 116 Å². The first-order valence-electron chi connectivity index (χ1n) is 6.02. The van der Waals surface area contributed by atoms with Crippen LogP contribution in [0.4, 0.5) is 5.69 Å². The molecule has 1 aromatic rings. The molecule has 0 saturated heterocycles. The molecule has 0 aromatic heterocycles. The van der Waals surface area contributed by atoms with Crippen LogP contribution in [-0.4, -0.2) is 35.2 Å². The van der Waals surface area contributed by atoms with Gasteiger partial charge in [0.1, 0.15) is 7.11 Å². The number of hydrogen-bond acceptors (Lipinski definition) is 6. The molecule has 7 nitrogen and oxygen atoms in total. The van der Waals surface area contributed by atoms with Crippen molar-refractivity contribution in [3.63, 3.8) is 0 Å². The Kier molecular flexibility index (Phi) is 3.82. The molecule has 106 valence electrons. The summed E-state index contributed by atoms with van der Waals surface area (Å²) in [5.74, 6) is -0.443. The van der Waals surface area contributed by atoms with E-state index in [9.17, 15) is 10.0 Å². The van der Waals surface area contributed by atoms with Crippen molar-refractivity contribution in [2.75, 3.05) is 12.1 Å². The molecule has 1 unspecified atom stereocenters. The van der Waals surface area contributed by atoms with Crippen LogP contribution in [0.5, 0.6) is 0 Å². The van der Waals surface area contributed by atoms with Gasteiger partial charge in [0.2, 0.25) is 5.54 Å². The van der Waals surface area contributed by atoms with Gasteiger partial charge in [0.25, 0.3) is 5.91 Å². The Morgan fingerprint density at radius 1 is 1.45 bits per heavy atom. The van der Waals surface area contributed by atoms with Crippen LogP contribution < -0.4 is 10.5 Å². The third kappa shape index (κ3) is 1.97. The largest absolute Gasteiger partial charge is 0.399 e. The average molecular weight is 276 g/mol. The Hall–Kier alpha value is -2.25. The predicted octanol–water partition coefficient (Wildman–Crippen LogP) is 1.15. The lowest BCUT2D eigenvalue weighted by atomic mass is 9.90. The van der Waals surface area contributed by atoms with Crippen LogP contribution in [0.3, 0.4) is 0 Å². The van der Waals surface area contributed by atoms with Crippen LogP contribution in [0.2, 0.25) is 0 Å². The zero-order valence-corrected chi connectivity index (χ0v) is 11.5. The van der Waals surface area contributed by atoms with Gasteiger partial charge in [0.05, 0.1) is 17.1 Å². The highest BCUT2D eigenvalue weighted by molar-refractivity contribution is 6.36.